The zero-order valence-corrected chi connectivity index (χ0v) is 12.9. The highest BCUT2D eigenvalue weighted by molar-refractivity contribution is 5.94. The number of ether oxygens (including phenoxy) is 1. The molecule has 0 radical (unpaired) electrons. The molecule has 0 saturated heterocycles. The summed E-state index contributed by atoms with van der Waals surface area (Å²) in [5.41, 5.74) is 0.857. The number of unbranched alkanes of at least 4 members (excludes halogenated alkanes) is 1. The van der Waals surface area contributed by atoms with Gasteiger partial charge >= 0.3 is 5.97 Å². The minimum absolute atomic E-state index is 0.317. The summed E-state index contributed by atoms with van der Waals surface area (Å²) in [6.45, 7) is 10.6. The molecule has 0 aliphatic rings. The topological polar surface area (TPSA) is 55.4 Å². The predicted molar refractivity (Wildman–Crippen MR) is 81.2 cm³/mol. The van der Waals surface area contributed by atoms with Gasteiger partial charge in [0.15, 0.2) is 0 Å². The second-order valence-corrected chi connectivity index (χ2v) is 5.05. The lowest BCUT2D eigenvalue weighted by atomic mass is 10.0. The van der Waals surface area contributed by atoms with Gasteiger partial charge in [-0.25, -0.2) is 4.79 Å². The van der Waals surface area contributed by atoms with Gasteiger partial charge in [0, 0.05) is 18.7 Å². The molecule has 0 fully saturated rings. The van der Waals surface area contributed by atoms with Gasteiger partial charge in [0.2, 0.25) is 5.91 Å². The van der Waals surface area contributed by atoms with Crippen molar-refractivity contribution in [2.45, 2.75) is 46.5 Å². The summed E-state index contributed by atoms with van der Waals surface area (Å²) < 4.78 is 5.14. The summed E-state index contributed by atoms with van der Waals surface area (Å²) in [6.07, 6.45) is 6.72. The molecular weight excluding hydrogens is 254 g/mol. The lowest BCUT2D eigenvalue weighted by Gasteiger charge is -2.13. The van der Waals surface area contributed by atoms with Crippen LogP contribution in [0.15, 0.2) is 24.3 Å². The van der Waals surface area contributed by atoms with E-state index in [1.54, 1.807) is 0 Å². The van der Waals surface area contributed by atoms with Crippen molar-refractivity contribution in [3.63, 3.8) is 0 Å². The van der Waals surface area contributed by atoms with Gasteiger partial charge in [-0.05, 0) is 19.3 Å². The molecule has 4 nitrogen and oxygen atoms in total. The summed E-state index contributed by atoms with van der Waals surface area (Å²) in [4.78, 5) is 22.8. The predicted octanol–water partition coefficient (Wildman–Crippen LogP) is 2.99. The van der Waals surface area contributed by atoms with Crippen molar-refractivity contribution >= 4 is 11.9 Å². The fourth-order valence-corrected chi connectivity index (χ4v) is 1.59. The van der Waals surface area contributed by atoms with E-state index < -0.39 is 5.97 Å². The van der Waals surface area contributed by atoms with Gasteiger partial charge < -0.3 is 10.1 Å². The minimum Gasteiger partial charge on any atom is -0.462 e. The Bertz CT molecular complexity index is 348. The van der Waals surface area contributed by atoms with E-state index in [0.29, 0.717) is 19.1 Å². The highest BCUT2D eigenvalue weighted by atomic mass is 16.5. The van der Waals surface area contributed by atoms with E-state index in [0.717, 1.165) is 31.3 Å². The third-order valence-corrected chi connectivity index (χ3v) is 2.94. The van der Waals surface area contributed by atoms with Gasteiger partial charge in [-0.2, -0.15) is 0 Å². The maximum Gasteiger partial charge on any atom is 0.330 e. The maximum atomic E-state index is 11.5. The Balaban J connectivity index is 3.96. The number of esters is 1. The molecule has 1 N–H and O–H groups in total. The first-order valence-corrected chi connectivity index (χ1v) is 7.26. The standard InChI is InChI=1S/C16H27NO3/c1-5-7-8-14(6-2)12-20-16(19)10-9-15(18)17-11-13(3)4/h9-10,14H,3,5-8,11-12H2,1-2,4H3,(H,17,18)/b10-9+. The number of hydrogen-bond donors (Lipinski definition) is 1. The molecule has 1 amide bonds. The Morgan fingerprint density at radius 3 is 2.55 bits per heavy atom. The normalized spacial score (nSPS) is 12.2. The van der Waals surface area contributed by atoms with Crippen molar-refractivity contribution in [2.24, 2.45) is 5.92 Å². The van der Waals surface area contributed by atoms with Crippen LogP contribution in [0.4, 0.5) is 0 Å². The fourth-order valence-electron chi connectivity index (χ4n) is 1.59. The first-order chi connectivity index (χ1) is 9.49. The van der Waals surface area contributed by atoms with Gasteiger partial charge in [0.05, 0.1) is 6.61 Å². The van der Waals surface area contributed by atoms with Crippen LogP contribution >= 0.6 is 0 Å². The quantitative estimate of drug-likeness (QED) is 0.380. The van der Waals surface area contributed by atoms with E-state index in [9.17, 15) is 9.59 Å². The molecule has 1 unspecified atom stereocenters. The molecule has 0 bridgehead atoms. The largest absolute Gasteiger partial charge is 0.462 e. The maximum absolute atomic E-state index is 11.5. The minimum atomic E-state index is -0.467. The molecule has 0 aromatic carbocycles. The van der Waals surface area contributed by atoms with Crippen LogP contribution in [0.5, 0.6) is 0 Å². The number of carbonyl (C=O) groups is 2. The molecule has 0 spiro atoms. The third-order valence-electron chi connectivity index (χ3n) is 2.94. The average Bonchev–Trinajstić information content (AvgIpc) is 2.43. The average molecular weight is 281 g/mol. The first kappa shape index (κ1) is 18.4. The molecule has 4 heteroatoms. The Morgan fingerprint density at radius 1 is 1.30 bits per heavy atom. The second kappa shape index (κ2) is 11.3. The molecule has 0 rings (SSSR count). The SMILES string of the molecule is C=C(C)CNC(=O)/C=C/C(=O)OCC(CC)CCCC. The van der Waals surface area contributed by atoms with E-state index in [4.69, 9.17) is 4.74 Å². The molecule has 0 heterocycles. The first-order valence-electron chi connectivity index (χ1n) is 7.26. The van der Waals surface area contributed by atoms with Crippen LogP contribution in [0.3, 0.4) is 0 Å². The Hall–Kier alpha value is -1.58. The number of rotatable bonds is 10. The number of carbonyl (C=O) groups excluding carboxylic acids is 2. The number of amides is 1. The molecule has 1 atom stereocenters. The van der Waals surface area contributed by atoms with Gasteiger partial charge in [0.1, 0.15) is 0 Å². The lowest BCUT2D eigenvalue weighted by molar-refractivity contribution is -0.139. The number of nitrogens with one attached hydrogen (secondary N) is 1. The summed E-state index contributed by atoms with van der Waals surface area (Å²) in [5, 5.41) is 2.61. The van der Waals surface area contributed by atoms with Crippen LogP contribution < -0.4 is 5.32 Å². The summed E-state index contributed by atoms with van der Waals surface area (Å²) in [6, 6.07) is 0. The molecule has 0 aromatic rings. The van der Waals surface area contributed by atoms with Gasteiger partial charge in [-0.15, -0.1) is 0 Å². The van der Waals surface area contributed by atoms with Crippen LogP contribution in [0.1, 0.15) is 46.5 Å². The summed E-state index contributed by atoms with van der Waals surface area (Å²) in [5.74, 6) is -0.377. The highest BCUT2D eigenvalue weighted by Gasteiger charge is 2.08. The summed E-state index contributed by atoms with van der Waals surface area (Å²) >= 11 is 0. The molecule has 0 aliphatic heterocycles. The zero-order valence-electron chi connectivity index (χ0n) is 12.9. The molecule has 20 heavy (non-hydrogen) atoms. The number of hydrogen-bond acceptors (Lipinski definition) is 3. The zero-order chi connectivity index (χ0) is 15.4. The van der Waals surface area contributed by atoms with Crippen LogP contribution in [0.2, 0.25) is 0 Å². The Kier molecular flexibility index (Phi) is 10.4. The molecule has 0 aromatic heterocycles. The van der Waals surface area contributed by atoms with Crippen molar-refractivity contribution in [2.75, 3.05) is 13.2 Å². The highest BCUT2D eigenvalue weighted by Crippen LogP contribution is 2.12. The van der Waals surface area contributed by atoms with Crippen molar-refractivity contribution in [1.29, 1.82) is 0 Å². The van der Waals surface area contributed by atoms with Crippen molar-refractivity contribution in [3.8, 4) is 0 Å². The smallest absolute Gasteiger partial charge is 0.330 e. The van der Waals surface area contributed by atoms with E-state index in [2.05, 4.69) is 25.7 Å². The van der Waals surface area contributed by atoms with Crippen LogP contribution in [0, 0.1) is 5.92 Å². The third kappa shape index (κ3) is 10.4. The Morgan fingerprint density at radius 2 is 2.00 bits per heavy atom. The van der Waals surface area contributed by atoms with E-state index in [1.165, 1.54) is 12.2 Å². The molecule has 0 saturated carbocycles. The monoisotopic (exact) mass is 281 g/mol. The lowest BCUT2D eigenvalue weighted by Crippen LogP contribution is -2.23. The van der Waals surface area contributed by atoms with E-state index in [1.807, 2.05) is 6.92 Å². The van der Waals surface area contributed by atoms with Crippen LogP contribution in [-0.4, -0.2) is 25.0 Å². The second-order valence-electron chi connectivity index (χ2n) is 5.05. The molecule has 0 aliphatic carbocycles. The van der Waals surface area contributed by atoms with Crippen molar-refractivity contribution in [3.05, 3.63) is 24.3 Å². The van der Waals surface area contributed by atoms with Gasteiger partial charge in [-0.1, -0.05) is 45.3 Å². The van der Waals surface area contributed by atoms with Crippen molar-refractivity contribution in [1.82, 2.24) is 5.32 Å². The van der Waals surface area contributed by atoms with E-state index >= 15 is 0 Å². The Labute approximate surface area is 122 Å². The van der Waals surface area contributed by atoms with Crippen LogP contribution in [-0.2, 0) is 14.3 Å². The van der Waals surface area contributed by atoms with E-state index in [-0.39, 0.29) is 5.91 Å². The summed E-state index contributed by atoms with van der Waals surface area (Å²) in [7, 11) is 0. The molecule has 114 valence electrons. The molecular formula is C16H27NO3. The van der Waals surface area contributed by atoms with Gasteiger partial charge in [-0.3, -0.25) is 4.79 Å². The fraction of sp³-hybridized carbons (Fsp3) is 0.625. The van der Waals surface area contributed by atoms with Crippen molar-refractivity contribution < 1.29 is 14.3 Å². The van der Waals surface area contributed by atoms with Gasteiger partial charge in [0.25, 0.3) is 0 Å². The van der Waals surface area contributed by atoms with Crippen LogP contribution in [0.25, 0.3) is 0 Å².